The molecule has 2 saturated carbocycles. The van der Waals surface area contributed by atoms with E-state index in [1.165, 1.54) is 32.1 Å². The minimum atomic E-state index is -0.984. The van der Waals surface area contributed by atoms with E-state index in [0.717, 1.165) is 32.1 Å². The molecule has 2 aliphatic carbocycles. The van der Waals surface area contributed by atoms with Crippen LogP contribution in [-0.4, -0.2) is 35.0 Å². The third-order valence-corrected chi connectivity index (χ3v) is 6.84. The van der Waals surface area contributed by atoms with Gasteiger partial charge in [0.1, 0.15) is 0 Å². The van der Waals surface area contributed by atoms with Gasteiger partial charge in [-0.05, 0) is 50.4 Å². The lowest BCUT2D eigenvalue weighted by Gasteiger charge is -2.42. The molecule has 1 saturated heterocycles. The Hall–Kier alpha value is -0.160. The number of ether oxygens (including phenoxy) is 2. The van der Waals surface area contributed by atoms with E-state index in [0.29, 0.717) is 24.4 Å². The average Bonchev–Trinajstić information content (AvgIpc) is 2.74. The largest absolute Gasteiger partial charge is 0.368 e. The Morgan fingerprint density at radius 1 is 1.04 bits per heavy atom. The van der Waals surface area contributed by atoms with E-state index in [-0.39, 0.29) is 12.0 Å². The third kappa shape index (κ3) is 4.51. The van der Waals surface area contributed by atoms with Crippen molar-refractivity contribution in [2.24, 2.45) is 23.7 Å². The molecule has 4 unspecified atom stereocenters. The van der Waals surface area contributed by atoms with Crippen LogP contribution in [0.25, 0.3) is 0 Å². The summed E-state index contributed by atoms with van der Waals surface area (Å²) in [5.74, 6) is 0.625. The third-order valence-electron chi connectivity index (χ3n) is 6.84. The Kier molecular flexibility index (Phi) is 6.23. The van der Waals surface area contributed by atoms with Gasteiger partial charge in [0.05, 0.1) is 12.7 Å². The molecule has 0 bridgehead atoms. The van der Waals surface area contributed by atoms with Crippen molar-refractivity contribution in [1.82, 2.24) is 0 Å². The van der Waals surface area contributed by atoms with Crippen molar-refractivity contribution in [3.63, 3.8) is 0 Å². The highest BCUT2D eigenvalue weighted by atomic mass is 16.6. The lowest BCUT2D eigenvalue weighted by molar-refractivity contribution is -0.206. The molecule has 0 amide bonds. The first kappa shape index (κ1) is 18.6. The molecule has 0 aromatic rings. The van der Waals surface area contributed by atoms with Crippen LogP contribution in [-0.2, 0) is 9.47 Å². The molecule has 4 heteroatoms. The highest BCUT2D eigenvalue weighted by molar-refractivity contribution is 4.88. The molecule has 1 aliphatic heterocycles. The van der Waals surface area contributed by atoms with Gasteiger partial charge in [0.15, 0.2) is 12.1 Å². The normalized spacial score (nSPS) is 41.2. The zero-order chi connectivity index (χ0) is 17.2. The summed E-state index contributed by atoms with van der Waals surface area (Å²) in [4.78, 5) is 0. The molecule has 0 spiro atoms. The van der Waals surface area contributed by atoms with Crippen LogP contribution in [0.3, 0.4) is 0 Å². The number of fused-ring (bicyclic) bond motifs is 1. The maximum atomic E-state index is 10.7. The second kappa shape index (κ2) is 8.03. The van der Waals surface area contributed by atoms with Gasteiger partial charge in [-0.2, -0.15) is 0 Å². The maximum Gasteiger partial charge on any atom is 0.162 e. The summed E-state index contributed by atoms with van der Waals surface area (Å²) in [6, 6.07) is 0. The topological polar surface area (TPSA) is 58.9 Å². The SMILES string of the molecule is C[C@@H](C(O)OC1CCCCC1)C1CCCC2CC[C@@](C)(O)OCC21. The van der Waals surface area contributed by atoms with Crippen molar-refractivity contribution in [1.29, 1.82) is 0 Å². The first-order valence-corrected chi connectivity index (χ1v) is 10.2. The van der Waals surface area contributed by atoms with Crippen molar-refractivity contribution >= 4 is 0 Å². The standard InChI is InChI=1S/C20H36O4/c1-14(19(21)24-16-8-4-3-5-9-16)17-10-6-7-15-11-12-20(2,22)23-13-18(15)17/h14-19,21-22H,3-13H2,1-2H3/t14-,15?,17?,18?,19?,20+/m1/s1. The van der Waals surface area contributed by atoms with Crippen LogP contribution in [0.2, 0.25) is 0 Å². The van der Waals surface area contributed by atoms with Crippen molar-refractivity contribution in [2.45, 2.75) is 96.2 Å². The molecular weight excluding hydrogens is 304 g/mol. The lowest BCUT2D eigenvalue weighted by Crippen LogP contribution is -2.41. The summed E-state index contributed by atoms with van der Waals surface area (Å²) >= 11 is 0. The summed E-state index contributed by atoms with van der Waals surface area (Å²) in [6.07, 6.45) is 10.8. The summed E-state index contributed by atoms with van der Waals surface area (Å²) < 4.78 is 11.8. The van der Waals surface area contributed by atoms with Gasteiger partial charge < -0.3 is 19.7 Å². The van der Waals surface area contributed by atoms with Crippen LogP contribution < -0.4 is 0 Å². The van der Waals surface area contributed by atoms with E-state index in [2.05, 4.69) is 6.92 Å². The second-order valence-corrected chi connectivity index (χ2v) is 8.69. The van der Waals surface area contributed by atoms with Crippen LogP contribution in [0.5, 0.6) is 0 Å². The van der Waals surface area contributed by atoms with Gasteiger partial charge in [-0.1, -0.05) is 39.0 Å². The molecule has 0 radical (unpaired) electrons. The fourth-order valence-corrected chi connectivity index (χ4v) is 5.20. The molecule has 3 rings (SSSR count). The van der Waals surface area contributed by atoms with E-state index in [1.807, 2.05) is 0 Å². The van der Waals surface area contributed by atoms with Crippen molar-refractivity contribution in [3.8, 4) is 0 Å². The number of hydrogen-bond acceptors (Lipinski definition) is 4. The summed E-state index contributed by atoms with van der Waals surface area (Å²) in [6.45, 7) is 4.54. The molecule has 2 N–H and O–H groups in total. The van der Waals surface area contributed by atoms with E-state index in [9.17, 15) is 10.2 Å². The summed E-state index contributed by atoms with van der Waals surface area (Å²) in [7, 11) is 0. The van der Waals surface area contributed by atoms with Gasteiger partial charge in [-0.15, -0.1) is 0 Å². The van der Waals surface area contributed by atoms with Crippen LogP contribution in [0.15, 0.2) is 0 Å². The Morgan fingerprint density at radius 3 is 2.54 bits per heavy atom. The van der Waals surface area contributed by atoms with E-state index in [1.54, 1.807) is 6.92 Å². The van der Waals surface area contributed by atoms with Crippen LogP contribution >= 0.6 is 0 Å². The zero-order valence-corrected chi connectivity index (χ0v) is 15.5. The van der Waals surface area contributed by atoms with Crippen molar-refractivity contribution in [2.75, 3.05) is 6.61 Å². The number of aliphatic hydroxyl groups is 2. The van der Waals surface area contributed by atoms with Gasteiger partial charge >= 0.3 is 0 Å². The molecule has 6 atom stereocenters. The summed E-state index contributed by atoms with van der Waals surface area (Å²) in [5, 5.41) is 20.9. The maximum absolute atomic E-state index is 10.7. The van der Waals surface area contributed by atoms with Crippen LogP contribution in [0.1, 0.15) is 78.1 Å². The predicted molar refractivity (Wildman–Crippen MR) is 93.3 cm³/mol. The molecule has 4 nitrogen and oxygen atoms in total. The Morgan fingerprint density at radius 2 is 1.79 bits per heavy atom. The molecule has 140 valence electrons. The number of rotatable bonds is 4. The van der Waals surface area contributed by atoms with E-state index >= 15 is 0 Å². The lowest BCUT2D eigenvalue weighted by atomic mass is 9.66. The number of hydrogen-bond donors (Lipinski definition) is 2. The molecule has 0 aromatic carbocycles. The number of aliphatic hydroxyl groups excluding tert-OH is 1. The molecule has 0 aromatic heterocycles. The van der Waals surface area contributed by atoms with Gasteiger partial charge in [-0.3, -0.25) is 0 Å². The Balaban J connectivity index is 1.60. The van der Waals surface area contributed by atoms with Crippen LogP contribution in [0, 0.1) is 23.7 Å². The predicted octanol–water partition coefficient (Wildman–Crippen LogP) is 3.84. The van der Waals surface area contributed by atoms with Gasteiger partial charge in [0.2, 0.25) is 0 Å². The molecule has 1 heterocycles. The first-order chi connectivity index (χ1) is 11.5. The highest BCUT2D eigenvalue weighted by Crippen LogP contribution is 2.45. The van der Waals surface area contributed by atoms with E-state index in [4.69, 9.17) is 9.47 Å². The fraction of sp³-hybridized carbons (Fsp3) is 1.00. The average molecular weight is 341 g/mol. The van der Waals surface area contributed by atoms with Gasteiger partial charge in [0, 0.05) is 12.3 Å². The quantitative estimate of drug-likeness (QED) is 0.763. The Labute approximate surface area is 146 Å². The monoisotopic (exact) mass is 340 g/mol. The minimum absolute atomic E-state index is 0.131. The van der Waals surface area contributed by atoms with E-state index < -0.39 is 12.1 Å². The zero-order valence-electron chi connectivity index (χ0n) is 15.5. The van der Waals surface area contributed by atoms with Gasteiger partial charge in [-0.25, -0.2) is 0 Å². The van der Waals surface area contributed by atoms with Crippen LogP contribution in [0.4, 0.5) is 0 Å². The Bertz CT molecular complexity index is 391. The smallest absolute Gasteiger partial charge is 0.162 e. The van der Waals surface area contributed by atoms with Crippen molar-refractivity contribution in [3.05, 3.63) is 0 Å². The summed E-state index contributed by atoms with van der Waals surface area (Å²) in [5.41, 5.74) is 0. The second-order valence-electron chi connectivity index (χ2n) is 8.69. The highest BCUT2D eigenvalue weighted by Gasteiger charge is 2.42. The fourth-order valence-electron chi connectivity index (χ4n) is 5.20. The minimum Gasteiger partial charge on any atom is -0.368 e. The van der Waals surface area contributed by atoms with Gasteiger partial charge in [0.25, 0.3) is 0 Å². The molecule has 3 aliphatic rings. The first-order valence-electron chi connectivity index (χ1n) is 10.2. The molecule has 24 heavy (non-hydrogen) atoms. The van der Waals surface area contributed by atoms with Crippen molar-refractivity contribution < 1.29 is 19.7 Å². The molecule has 3 fully saturated rings. The molecular formula is C20H36O4.